The lowest BCUT2D eigenvalue weighted by Gasteiger charge is -2.39. The lowest BCUT2D eigenvalue weighted by molar-refractivity contribution is -0.137. The summed E-state index contributed by atoms with van der Waals surface area (Å²) in [6, 6.07) is 5.15. The number of hydrogen-bond donors (Lipinski definition) is 0. The Balaban J connectivity index is 1.83. The Labute approximate surface area is 162 Å². The molecule has 0 aromatic heterocycles. The van der Waals surface area contributed by atoms with E-state index in [1.54, 1.807) is 43.7 Å². The van der Waals surface area contributed by atoms with Gasteiger partial charge in [-0.2, -0.15) is 18.4 Å². The maximum absolute atomic E-state index is 13.3. The van der Waals surface area contributed by atoms with Gasteiger partial charge in [-0.15, -0.1) is 0 Å². The minimum atomic E-state index is -4.60. The number of carbonyl (C=O) groups excluding carboxylic acids is 1. The van der Waals surface area contributed by atoms with E-state index in [-0.39, 0.29) is 18.2 Å². The Morgan fingerprint density at radius 3 is 2.50 bits per heavy atom. The summed E-state index contributed by atoms with van der Waals surface area (Å²) in [5.74, 6) is 0.311. The number of piperidine rings is 1. The zero-order valence-corrected chi connectivity index (χ0v) is 16.4. The Hall–Kier alpha value is -2.43. The highest BCUT2D eigenvalue weighted by atomic mass is 19.4. The zero-order chi connectivity index (χ0) is 20.9. The number of nitriles is 1. The third-order valence-electron chi connectivity index (χ3n) is 5.41. The number of nitrogens with zero attached hydrogens (tertiary/aromatic N) is 3. The first-order valence-electron chi connectivity index (χ1n) is 9.24. The summed E-state index contributed by atoms with van der Waals surface area (Å²) >= 11 is 0. The van der Waals surface area contributed by atoms with Gasteiger partial charge in [-0.25, -0.2) is 4.79 Å². The number of fused-ring (bicyclic) bond motifs is 2. The fourth-order valence-electron chi connectivity index (χ4n) is 4.21. The number of carbonyl (C=O) groups is 1. The van der Waals surface area contributed by atoms with Crippen molar-refractivity contribution in [3.8, 4) is 6.07 Å². The van der Waals surface area contributed by atoms with Crippen molar-refractivity contribution in [3.63, 3.8) is 0 Å². The van der Waals surface area contributed by atoms with Crippen molar-refractivity contribution in [1.82, 2.24) is 4.90 Å². The number of halogens is 3. The smallest absolute Gasteiger partial charge is 0.417 e. The van der Waals surface area contributed by atoms with Gasteiger partial charge in [0.1, 0.15) is 5.60 Å². The zero-order valence-electron chi connectivity index (χ0n) is 16.4. The lowest BCUT2D eigenvalue weighted by atomic mass is 10.0. The van der Waals surface area contributed by atoms with Crippen LogP contribution in [0.1, 0.15) is 44.7 Å². The molecule has 1 aliphatic carbocycles. The molecule has 2 fully saturated rings. The predicted octanol–water partition coefficient (Wildman–Crippen LogP) is 4.41. The summed E-state index contributed by atoms with van der Waals surface area (Å²) in [4.78, 5) is 16.0. The molecule has 1 aromatic carbocycles. The highest BCUT2D eigenvalue weighted by Gasteiger charge is 2.49. The SMILES string of the molecule is CN(c1ccc(C#N)c(C(F)(F)F)c1)C1CC2CC1N(C(=O)OC(C)(C)C)C2. The number of anilines is 1. The Morgan fingerprint density at radius 1 is 1.29 bits per heavy atom. The molecule has 0 spiro atoms. The van der Waals surface area contributed by atoms with Crippen LogP contribution in [0, 0.1) is 17.2 Å². The first kappa shape index (κ1) is 20.3. The molecule has 28 heavy (non-hydrogen) atoms. The van der Waals surface area contributed by atoms with Gasteiger partial charge in [0, 0.05) is 25.3 Å². The van der Waals surface area contributed by atoms with Crippen LogP contribution in [0.4, 0.5) is 23.7 Å². The van der Waals surface area contributed by atoms with Crippen LogP contribution in [-0.4, -0.2) is 42.3 Å². The van der Waals surface area contributed by atoms with Gasteiger partial charge in [0.05, 0.1) is 23.2 Å². The Kier molecular flexibility index (Phi) is 4.98. The quantitative estimate of drug-likeness (QED) is 0.744. The predicted molar refractivity (Wildman–Crippen MR) is 97.8 cm³/mol. The van der Waals surface area contributed by atoms with Crippen LogP contribution in [0.25, 0.3) is 0 Å². The first-order chi connectivity index (χ1) is 12.9. The van der Waals surface area contributed by atoms with Crippen LogP contribution in [0.3, 0.4) is 0 Å². The number of benzene rings is 1. The molecule has 0 N–H and O–H groups in total. The number of likely N-dealkylation sites (tertiary alicyclic amines) is 1. The van der Waals surface area contributed by atoms with E-state index < -0.39 is 22.9 Å². The van der Waals surface area contributed by atoms with Crippen molar-refractivity contribution in [2.45, 2.75) is 57.5 Å². The van der Waals surface area contributed by atoms with Crippen molar-refractivity contribution in [2.24, 2.45) is 5.92 Å². The van der Waals surface area contributed by atoms with Crippen LogP contribution in [0.15, 0.2) is 18.2 Å². The van der Waals surface area contributed by atoms with Gasteiger partial charge in [0.15, 0.2) is 0 Å². The third kappa shape index (κ3) is 3.89. The van der Waals surface area contributed by atoms with E-state index in [4.69, 9.17) is 10.00 Å². The van der Waals surface area contributed by atoms with E-state index in [0.717, 1.165) is 18.9 Å². The van der Waals surface area contributed by atoms with Gasteiger partial charge in [-0.3, -0.25) is 0 Å². The molecular weight excluding hydrogens is 371 g/mol. The molecule has 5 nitrogen and oxygen atoms in total. The van der Waals surface area contributed by atoms with Gasteiger partial charge >= 0.3 is 12.3 Å². The molecule has 1 heterocycles. The normalized spacial score (nSPS) is 24.2. The highest BCUT2D eigenvalue weighted by molar-refractivity contribution is 5.70. The molecule has 1 saturated carbocycles. The molecule has 0 radical (unpaired) electrons. The van der Waals surface area contributed by atoms with Gasteiger partial charge in [0.2, 0.25) is 0 Å². The molecule has 1 aliphatic heterocycles. The van der Waals surface area contributed by atoms with Crippen molar-refractivity contribution in [1.29, 1.82) is 5.26 Å². The van der Waals surface area contributed by atoms with Crippen molar-refractivity contribution >= 4 is 11.8 Å². The Bertz CT molecular complexity index is 810. The molecular formula is C20H24F3N3O2. The summed E-state index contributed by atoms with van der Waals surface area (Å²) in [5.41, 5.74) is -1.55. The van der Waals surface area contributed by atoms with Crippen molar-refractivity contribution in [2.75, 3.05) is 18.5 Å². The highest BCUT2D eigenvalue weighted by Crippen LogP contribution is 2.42. The van der Waals surface area contributed by atoms with Gasteiger partial charge in [-0.05, 0) is 57.7 Å². The summed E-state index contributed by atoms with van der Waals surface area (Å²) in [5, 5.41) is 8.98. The molecule has 3 rings (SSSR count). The summed E-state index contributed by atoms with van der Waals surface area (Å²) in [7, 11) is 1.74. The van der Waals surface area contributed by atoms with Crippen LogP contribution < -0.4 is 4.90 Å². The van der Waals surface area contributed by atoms with E-state index in [1.165, 1.54) is 12.1 Å². The lowest BCUT2D eigenvalue weighted by Crippen LogP contribution is -2.52. The monoisotopic (exact) mass is 395 g/mol. The van der Waals surface area contributed by atoms with Crippen molar-refractivity contribution < 1.29 is 22.7 Å². The summed E-state index contributed by atoms with van der Waals surface area (Å²) in [6.45, 7) is 6.03. The van der Waals surface area contributed by atoms with Crippen LogP contribution in [-0.2, 0) is 10.9 Å². The second-order valence-corrected chi connectivity index (χ2v) is 8.56. The number of hydrogen-bond acceptors (Lipinski definition) is 4. The topological polar surface area (TPSA) is 56.6 Å². The average Bonchev–Trinajstić information content (AvgIpc) is 3.19. The van der Waals surface area contributed by atoms with Crippen LogP contribution in [0.2, 0.25) is 0 Å². The fraction of sp³-hybridized carbons (Fsp3) is 0.600. The van der Waals surface area contributed by atoms with Gasteiger partial charge in [-0.1, -0.05) is 0 Å². The molecule has 8 heteroatoms. The number of likely N-dealkylation sites (N-methyl/N-ethyl adjacent to an activating group) is 1. The molecule has 2 bridgehead atoms. The van der Waals surface area contributed by atoms with E-state index in [9.17, 15) is 18.0 Å². The van der Waals surface area contributed by atoms with Gasteiger partial charge < -0.3 is 14.5 Å². The van der Waals surface area contributed by atoms with Crippen LogP contribution >= 0.6 is 0 Å². The van der Waals surface area contributed by atoms with Gasteiger partial charge in [0.25, 0.3) is 0 Å². The van der Waals surface area contributed by atoms with E-state index in [0.29, 0.717) is 18.2 Å². The average molecular weight is 395 g/mol. The number of rotatable bonds is 2. The fourth-order valence-corrected chi connectivity index (χ4v) is 4.21. The van der Waals surface area contributed by atoms with Crippen LogP contribution in [0.5, 0.6) is 0 Å². The first-order valence-corrected chi connectivity index (χ1v) is 9.24. The molecule has 1 saturated heterocycles. The number of amides is 1. The minimum absolute atomic E-state index is 0.0970. The molecule has 3 unspecified atom stereocenters. The molecule has 2 aliphatic rings. The minimum Gasteiger partial charge on any atom is -0.444 e. The second kappa shape index (κ2) is 6.87. The van der Waals surface area contributed by atoms with E-state index in [2.05, 4.69) is 0 Å². The number of ether oxygens (including phenoxy) is 1. The molecule has 152 valence electrons. The number of alkyl halides is 3. The molecule has 3 atom stereocenters. The maximum Gasteiger partial charge on any atom is 0.417 e. The summed E-state index contributed by atoms with van der Waals surface area (Å²) < 4.78 is 45.4. The molecule has 1 amide bonds. The third-order valence-corrected chi connectivity index (χ3v) is 5.41. The Morgan fingerprint density at radius 2 is 1.96 bits per heavy atom. The maximum atomic E-state index is 13.3. The summed E-state index contributed by atoms with van der Waals surface area (Å²) in [6.07, 6.45) is -3.36. The largest absolute Gasteiger partial charge is 0.444 e. The molecule has 1 aromatic rings. The van der Waals surface area contributed by atoms with E-state index in [1.807, 2.05) is 0 Å². The van der Waals surface area contributed by atoms with E-state index >= 15 is 0 Å². The van der Waals surface area contributed by atoms with Crippen molar-refractivity contribution in [3.05, 3.63) is 29.3 Å². The standard InChI is InChI=1S/C20H24F3N3O2/c1-19(2,3)28-18(27)26-11-12-7-16(17(26)8-12)25(4)14-6-5-13(10-24)15(9-14)20(21,22)23/h5-6,9,12,16-17H,7-8,11H2,1-4H3. The second-order valence-electron chi connectivity index (χ2n) is 8.56.